The highest BCUT2D eigenvalue weighted by molar-refractivity contribution is 5.95. The van der Waals surface area contributed by atoms with Crippen LogP contribution in [0.4, 0.5) is 10.1 Å². The van der Waals surface area contributed by atoms with Crippen molar-refractivity contribution in [1.82, 2.24) is 4.90 Å². The molecule has 3 rings (SSSR count). The lowest BCUT2D eigenvalue weighted by atomic mass is 9.84. The van der Waals surface area contributed by atoms with Gasteiger partial charge in [0.1, 0.15) is 11.9 Å². The van der Waals surface area contributed by atoms with Crippen LogP contribution in [0.15, 0.2) is 18.2 Å². The highest BCUT2D eigenvalue weighted by atomic mass is 19.1. The van der Waals surface area contributed by atoms with Crippen molar-refractivity contribution in [3.8, 4) is 0 Å². The minimum absolute atomic E-state index is 0.104. The van der Waals surface area contributed by atoms with Gasteiger partial charge in [-0.2, -0.15) is 0 Å². The Kier molecular flexibility index (Phi) is 4.74. The normalized spacial score (nSPS) is 23.1. The fourth-order valence-electron chi connectivity index (χ4n) is 3.06. The molecule has 1 atom stereocenters. The first-order valence-corrected chi connectivity index (χ1v) is 8.03. The van der Waals surface area contributed by atoms with Gasteiger partial charge in [0.15, 0.2) is 0 Å². The molecule has 1 aliphatic heterocycles. The van der Waals surface area contributed by atoms with Gasteiger partial charge in [-0.3, -0.25) is 9.69 Å². The number of nitrogens with one attached hydrogen (secondary N) is 1. The molecule has 0 bridgehead atoms. The van der Waals surface area contributed by atoms with Crippen LogP contribution >= 0.6 is 0 Å². The molecule has 1 N–H and O–H groups in total. The molecule has 1 heterocycles. The number of halogens is 1. The number of benzene rings is 1. The molecular weight excluding hydrogens is 283 g/mol. The summed E-state index contributed by atoms with van der Waals surface area (Å²) >= 11 is 0. The predicted molar refractivity (Wildman–Crippen MR) is 83.3 cm³/mol. The summed E-state index contributed by atoms with van der Waals surface area (Å²) in [6.45, 7) is 4.51. The Morgan fingerprint density at radius 1 is 1.45 bits per heavy atom. The molecule has 22 heavy (non-hydrogen) atoms. The SMILES string of the molecule is Cc1c(F)cccc1NC(=O)[C@H]1COCCN1CC1CCC1. The van der Waals surface area contributed by atoms with E-state index in [4.69, 9.17) is 4.74 Å². The molecule has 120 valence electrons. The monoisotopic (exact) mass is 306 g/mol. The number of amides is 1. The summed E-state index contributed by atoms with van der Waals surface area (Å²) < 4.78 is 19.1. The smallest absolute Gasteiger partial charge is 0.244 e. The first-order chi connectivity index (χ1) is 10.6. The van der Waals surface area contributed by atoms with E-state index in [1.165, 1.54) is 25.3 Å². The van der Waals surface area contributed by atoms with E-state index in [0.717, 1.165) is 13.1 Å². The molecule has 2 fully saturated rings. The fraction of sp³-hybridized carbons (Fsp3) is 0.588. The Labute approximate surface area is 130 Å². The lowest BCUT2D eigenvalue weighted by Gasteiger charge is -2.39. The molecule has 1 amide bonds. The van der Waals surface area contributed by atoms with Crippen LogP contribution in [0, 0.1) is 18.7 Å². The van der Waals surface area contributed by atoms with Gasteiger partial charge in [-0.15, -0.1) is 0 Å². The molecule has 1 saturated heterocycles. The van der Waals surface area contributed by atoms with Crippen LogP contribution in [0.2, 0.25) is 0 Å². The fourth-order valence-corrected chi connectivity index (χ4v) is 3.06. The van der Waals surface area contributed by atoms with Crippen LogP contribution in [-0.2, 0) is 9.53 Å². The van der Waals surface area contributed by atoms with Gasteiger partial charge in [0.2, 0.25) is 5.91 Å². The quantitative estimate of drug-likeness (QED) is 0.929. The summed E-state index contributed by atoms with van der Waals surface area (Å²) in [5, 5.41) is 2.86. The van der Waals surface area contributed by atoms with E-state index >= 15 is 0 Å². The zero-order chi connectivity index (χ0) is 15.5. The molecule has 5 heteroatoms. The van der Waals surface area contributed by atoms with E-state index in [1.54, 1.807) is 19.1 Å². The van der Waals surface area contributed by atoms with E-state index < -0.39 is 0 Å². The first kappa shape index (κ1) is 15.4. The van der Waals surface area contributed by atoms with Crippen molar-refractivity contribution in [2.75, 3.05) is 31.6 Å². The molecule has 0 radical (unpaired) electrons. The van der Waals surface area contributed by atoms with Gasteiger partial charge in [-0.25, -0.2) is 4.39 Å². The molecule has 0 aromatic heterocycles. The maximum absolute atomic E-state index is 13.6. The van der Waals surface area contributed by atoms with E-state index in [0.29, 0.717) is 30.4 Å². The zero-order valence-electron chi connectivity index (χ0n) is 13.0. The molecule has 2 aliphatic rings. The van der Waals surface area contributed by atoms with Crippen molar-refractivity contribution in [3.05, 3.63) is 29.6 Å². The van der Waals surface area contributed by atoms with Crippen LogP contribution in [-0.4, -0.2) is 43.2 Å². The largest absolute Gasteiger partial charge is 0.378 e. The number of carbonyl (C=O) groups is 1. The van der Waals surface area contributed by atoms with Crippen molar-refractivity contribution in [1.29, 1.82) is 0 Å². The van der Waals surface area contributed by atoms with E-state index in [9.17, 15) is 9.18 Å². The van der Waals surface area contributed by atoms with Gasteiger partial charge in [0.25, 0.3) is 0 Å². The number of morpholine rings is 1. The Bertz CT molecular complexity index is 545. The zero-order valence-corrected chi connectivity index (χ0v) is 13.0. The van der Waals surface area contributed by atoms with Crippen molar-refractivity contribution in [2.24, 2.45) is 5.92 Å². The number of anilines is 1. The lowest BCUT2D eigenvalue weighted by molar-refractivity contribution is -0.128. The topological polar surface area (TPSA) is 41.6 Å². The summed E-state index contributed by atoms with van der Waals surface area (Å²) in [6.07, 6.45) is 3.82. The Morgan fingerprint density at radius 2 is 2.27 bits per heavy atom. The van der Waals surface area contributed by atoms with Crippen molar-refractivity contribution in [2.45, 2.75) is 32.2 Å². The Balaban J connectivity index is 1.67. The molecule has 1 aromatic carbocycles. The Hall–Kier alpha value is -1.46. The van der Waals surface area contributed by atoms with Gasteiger partial charge in [0.05, 0.1) is 13.2 Å². The third-order valence-corrected chi connectivity index (χ3v) is 4.78. The minimum atomic E-state index is -0.302. The van der Waals surface area contributed by atoms with Gasteiger partial charge >= 0.3 is 0 Å². The maximum atomic E-state index is 13.6. The van der Waals surface area contributed by atoms with Gasteiger partial charge in [-0.05, 0) is 37.8 Å². The van der Waals surface area contributed by atoms with Crippen LogP contribution in [0.1, 0.15) is 24.8 Å². The average molecular weight is 306 g/mol. The highest BCUT2D eigenvalue weighted by Gasteiger charge is 2.32. The van der Waals surface area contributed by atoms with Crippen LogP contribution in [0.25, 0.3) is 0 Å². The second-order valence-corrected chi connectivity index (χ2v) is 6.28. The Morgan fingerprint density at radius 3 is 3.00 bits per heavy atom. The summed E-state index contributed by atoms with van der Waals surface area (Å²) in [7, 11) is 0. The maximum Gasteiger partial charge on any atom is 0.244 e. The summed E-state index contributed by atoms with van der Waals surface area (Å²) in [5.74, 6) is 0.307. The van der Waals surface area contributed by atoms with E-state index in [2.05, 4.69) is 10.2 Å². The molecular formula is C17H23FN2O2. The molecule has 0 unspecified atom stereocenters. The van der Waals surface area contributed by atoms with E-state index in [-0.39, 0.29) is 17.8 Å². The summed E-state index contributed by atoms with van der Waals surface area (Å²) in [6, 6.07) is 4.46. The van der Waals surface area contributed by atoms with Crippen molar-refractivity contribution in [3.63, 3.8) is 0 Å². The summed E-state index contributed by atoms with van der Waals surface area (Å²) in [5.41, 5.74) is 1.01. The standard InChI is InChI=1S/C17H23FN2O2/c1-12-14(18)6-3-7-15(12)19-17(21)16-11-22-9-8-20(16)10-13-4-2-5-13/h3,6-7,13,16H,2,4-5,8-11H2,1H3,(H,19,21)/t16-/m1/s1. The molecule has 1 saturated carbocycles. The predicted octanol–water partition coefficient (Wildman–Crippen LogP) is 2.57. The average Bonchev–Trinajstić information content (AvgIpc) is 2.48. The molecule has 4 nitrogen and oxygen atoms in total. The highest BCUT2D eigenvalue weighted by Crippen LogP contribution is 2.28. The second kappa shape index (κ2) is 6.75. The van der Waals surface area contributed by atoms with Gasteiger partial charge < -0.3 is 10.1 Å². The van der Waals surface area contributed by atoms with Crippen LogP contribution in [0.5, 0.6) is 0 Å². The molecule has 1 aromatic rings. The van der Waals surface area contributed by atoms with Gasteiger partial charge in [-0.1, -0.05) is 12.5 Å². The number of nitrogens with zero attached hydrogens (tertiary/aromatic N) is 1. The first-order valence-electron chi connectivity index (χ1n) is 8.03. The third-order valence-electron chi connectivity index (χ3n) is 4.78. The van der Waals surface area contributed by atoms with Crippen molar-refractivity contribution >= 4 is 11.6 Å². The minimum Gasteiger partial charge on any atom is -0.378 e. The number of ether oxygens (including phenoxy) is 1. The number of carbonyl (C=O) groups excluding carboxylic acids is 1. The molecule has 0 spiro atoms. The van der Waals surface area contributed by atoms with Crippen LogP contribution < -0.4 is 5.32 Å². The number of hydrogen-bond acceptors (Lipinski definition) is 3. The lowest BCUT2D eigenvalue weighted by Crippen LogP contribution is -2.53. The van der Waals surface area contributed by atoms with Crippen molar-refractivity contribution < 1.29 is 13.9 Å². The number of rotatable bonds is 4. The van der Waals surface area contributed by atoms with Gasteiger partial charge in [0, 0.05) is 24.3 Å². The molecule has 1 aliphatic carbocycles. The van der Waals surface area contributed by atoms with E-state index in [1.807, 2.05) is 0 Å². The second-order valence-electron chi connectivity index (χ2n) is 6.28. The van der Waals surface area contributed by atoms with Crippen LogP contribution in [0.3, 0.4) is 0 Å². The number of hydrogen-bond donors (Lipinski definition) is 1. The third kappa shape index (κ3) is 3.31. The summed E-state index contributed by atoms with van der Waals surface area (Å²) in [4.78, 5) is 14.8.